The maximum Gasteiger partial charge on any atom is 0.137 e. The van der Waals surface area contributed by atoms with Crippen molar-refractivity contribution < 1.29 is 4.74 Å². The fourth-order valence-electron chi connectivity index (χ4n) is 5.57. The van der Waals surface area contributed by atoms with Gasteiger partial charge in [-0.3, -0.25) is 4.90 Å². The zero-order valence-corrected chi connectivity index (χ0v) is 18.8. The van der Waals surface area contributed by atoms with Crippen LogP contribution in [0.2, 0.25) is 0 Å². The van der Waals surface area contributed by atoms with Crippen molar-refractivity contribution >= 4 is 11.6 Å². The number of ether oxygens (including phenoxy) is 1. The molecule has 3 N–H and O–H groups in total. The fourth-order valence-corrected chi connectivity index (χ4v) is 5.57. The van der Waals surface area contributed by atoms with Gasteiger partial charge in [-0.05, 0) is 60.6 Å². The highest BCUT2D eigenvalue weighted by Crippen LogP contribution is 2.42. The number of nitrogens with zero attached hydrogens (tertiary/aromatic N) is 4. The zero-order valence-electron chi connectivity index (χ0n) is 18.8. The molecule has 0 spiro atoms. The minimum Gasteiger partial charge on any atom is -0.384 e. The van der Waals surface area contributed by atoms with E-state index >= 15 is 0 Å². The monoisotopic (exact) mass is 442 g/mol. The highest BCUT2D eigenvalue weighted by atomic mass is 16.5. The van der Waals surface area contributed by atoms with E-state index in [1.165, 1.54) is 36.8 Å². The third-order valence-corrected chi connectivity index (χ3v) is 7.38. The summed E-state index contributed by atoms with van der Waals surface area (Å²) >= 11 is 0. The van der Waals surface area contributed by atoms with Crippen LogP contribution < -0.4 is 11.1 Å². The van der Waals surface area contributed by atoms with Gasteiger partial charge in [-0.1, -0.05) is 12.1 Å². The van der Waals surface area contributed by atoms with Gasteiger partial charge in [-0.25, -0.2) is 15.0 Å². The van der Waals surface area contributed by atoms with E-state index in [1.807, 2.05) is 18.3 Å². The molecule has 1 aromatic carbocycles. The first-order valence-corrected chi connectivity index (χ1v) is 12.0. The number of aromatic nitrogens is 3. The molecule has 7 heteroatoms. The molecular weight excluding hydrogens is 412 g/mol. The number of nitrogen functional groups attached to an aromatic ring is 1. The maximum absolute atomic E-state index is 5.77. The normalized spacial score (nSPS) is 22.5. The first kappa shape index (κ1) is 20.6. The van der Waals surface area contributed by atoms with E-state index in [0.29, 0.717) is 17.9 Å². The Kier molecular flexibility index (Phi) is 5.44. The lowest BCUT2D eigenvalue weighted by Gasteiger charge is -2.39. The summed E-state index contributed by atoms with van der Waals surface area (Å²) in [7, 11) is 0. The van der Waals surface area contributed by atoms with Crippen molar-refractivity contribution in [2.75, 3.05) is 37.4 Å². The molecule has 1 saturated heterocycles. The largest absolute Gasteiger partial charge is 0.384 e. The van der Waals surface area contributed by atoms with E-state index in [9.17, 15) is 0 Å². The summed E-state index contributed by atoms with van der Waals surface area (Å²) in [6.07, 6.45) is 9.20. The van der Waals surface area contributed by atoms with Gasteiger partial charge in [0.05, 0.1) is 18.9 Å². The van der Waals surface area contributed by atoms with Gasteiger partial charge in [0.2, 0.25) is 0 Å². The SMILES string of the molecule is Nc1ccc(-c2ccc3c(c2)-c2c(ncnc2NC2CCC(N4CCOCC4)CC2)C3)cn1. The van der Waals surface area contributed by atoms with Crippen molar-refractivity contribution in [1.82, 2.24) is 19.9 Å². The number of rotatable bonds is 4. The second-order valence-corrected chi connectivity index (χ2v) is 9.36. The molecule has 2 aliphatic carbocycles. The molecule has 2 fully saturated rings. The van der Waals surface area contributed by atoms with Gasteiger partial charge in [-0.15, -0.1) is 0 Å². The Labute approximate surface area is 194 Å². The molecule has 3 aromatic rings. The quantitative estimate of drug-likeness (QED) is 0.498. The summed E-state index contributed by atoms with van der Waals surface area (Å²) in [5.41, 5.74) is 12.8. The van der Waals surface area contributed by atoms with Crippen LogP contribution in [0.15, 0.2) is 42.9 Å². The molecule has 6 rings (SSSR count). The molecule has 0 amide bonds. The number of benzene rings is 1. The average molecular weight is 443 g/mol. The molecule has 7 nitrogen and oxygen atoms in total. The van der Waals surface area contributed by atoms with Gasteiger partial charge >= 0.3 is 0 Å². The lowest BCUT2D eigenvalue weighted by atomic mass is 9.89. The van der Waals surface area contributed by atoms with Crippen molar-refractivity contribution in [3.63, 3.8) is 0 Å². The molecule has 0 bridgehead atoms. The van der Waals surface area contributed by atoms with Crippen molar-refractivity contribution in [3.05, 3.63) is 54.1 Å². The smallest absolute Gasteiger partial charge is 0.137 e. The maximum atomic E-state index is 5.77. The van der Waals surface area contributed by atoms with Crippen molar-refractivity contribution in [3.8, 4) is 22.3 Å². The lowest BCUT2D eigenvalue weighted by Crippen LogP contribution is -2.46. The summed E-state index contributed by atoms with van der Waals surface area (Å²) in [4.78, 5) is 16.2. The topological polar surface area (TPSA) is 89.2 Å². The van der Waals surface area contributed by atoms with Gasteiger partial charge in [0.15, 0.2) is 0 Å². The standard InChI is InChI=1S/C26H30N6O/c27-24-8-3-19(15-28-24)17-1-2-18-14-23-25(22(18)13-17)26(30-16-29-23)31-20-4-6-21(7-5-20)32-9-11-33-12-10-32/h1-3,8,13,15-16,20-21H,4-7,9-12,14H2,(H2,27,28)(H,29,30,31). The van der Waals surface area contributed by atoms with Crippen LogP contribution in [-0.4, -0.2) is 58.2 Å². The number of nitrogens with one attached hydrogen (secondary N) is 1. The highest BCUT2D eigenvalue weighted by molar-refractivity contribution is 5.86. The third-order valence-electron chi connectivity index (χ3n) is 7.38. The van der Waals surface area contributed by atoms with Crippen LogP contribution in [0.5, 0.6) is 0 Å². The summed E-state index contributed by atoms with van der Waals surface area (Å²) < 4.78 is 5.53. The Balaban J connectivity index is 1.22. The average Bonchev–Trinajstić information content (AvgIpc) is 3.24. The van der Waals surface area contributed by atoms with Crippen molar-refractivity contribution in [1.29, 1.82) is 0 Å². The van der Waals surface area contributed by atoms with Crippen LogP contribution in [0.4, 0.5) is 11.6 Å². The second-order valence-electron chi connectivity index (χ2n) is 9.36. The molecule has 1 aliphatic heterocycles. The molecule has 0 unspecified atom stereocenters. The summed E-state index contributed by atoms with van der Waals surface area (Å²) in [5, 5.41) is 3.79. The van der Waals surface area contributed by atoms with Gasteiger partial charge in [0.1, 0.15) is 18.0 Å². The van der Waals surface area contributed by atoms with Gasteiger partial charge < -0.3 is 15.8 Å². The second kappa shape index (κ2) is 8.72. The van der Waals surface area contributed by atoms with Gasteiger partial charge in [0.25, 0.3) is 0 Å². The van der Waals surface area contributed by atoms with Crippen LogP contribution in [0.3, 0.4) is 0 Å². The predicted octanol–water partition coefficient (Wildman–Crippen LogP) is 3.75. The molecule has 1 saturated carbocycles. The molecule has 2 aromatic heterocycles. The van der Waals surface area contributed by atoms with Crippen molar-refractivity contribution in [2.24, 2.45) is 0 Å². The number of nitrogens with two attached hydrogens (primary N) is 1. The molecule has 0 atom stereocenters. The van der Waals surface area contributed by atoms with E-state index < -0.39 is 0 Å². The predicted molar refractivity (Wildman–Crippen MR) is 130 cm³/mol. The Morgan fingerprint density at radius 2 is 1.76 bits per heavy atom. The van der Waals surface area contributed by atoms with Crippen LogP contribution in [0.25, 0.3) is 22.3 Å². The van der Waals surface area contributed by atoms with Crippen LogP contribution in [0, 0.1) is 0 Å². The van der Waals surface area contributed by atoms with E-state index in [4.69, 9.17) is 10.5 Å². The molecule has 33 heavy (non-hydrogen) atoms. The van der Waals surface area contributed by atoms with E-state index in [-0.39, 0.29) is 0 Å². The van der Waals surface area contributed by atoms with Gasteiger partial charge in [-0.2, -0.15) is 0 Å². The Morgan fingerprint density at radius 3 is 2.55 bits per heavy atom. The minimum absolute atomic E-state index is 0.454. The number of morpholine rings is 1. The van der Waals surface area contributed by atoms with Crippen molar-refractivity contribution in [2.45, 2.75) is 44.2 Å². The molecule has 3 aliphatic rings. The number of hydrogen-bond acceptors (Lipinski definition) is 7. The summed E-state index contributed by atoms with van der Waals surface area (Å²) in [6, 6.07) is 11.6. The Hall–Kier alpha value is -3.03. The molecule has 170 valence electrons. The first-order chi connectivity index (χ1) is 16.2. The van der Waals surface area contributed by atoms with Crippen LogP contribution >= 0.6 is 0 Å². The van der Waals surface area contributed by atoms with E-state index in [1.54, 1.807) is 6.33 Å². The molecule has 3 heterocycles. The van der Waals surface area contributed by atoms with Crippen LogP contribution in [0.1, 0.15) is 36.9 Å². The Bertz CT molecular complexity index is 1130. The molecule has 0 radical (unpaired) electrons. The fraction of sp³-hybridized carbons (Fsp3) is 0.423. The highest BCUT2D eigenvalue weighted by Gasteiger charge is 2.29. The summed E-state index contributed by atoms with van der Waals surface area (Å²) in [6.45, 7) is 3.90. The lowest BCUT2D eigenvalue weighted by molar-refractivity contribution is 0.00791. The zero-order chi connectivity index (χ0) is 22.2. The number of anilines is 2. The molecular formula is C26H30N6O. The number of fused-ring (bicyclic) bond motifs is 3. The van der Waals surface area contributed by atoms with E-state index in [2.05, 4.69) is 43.4 Å². The van der Waals surface area contributed by atoms with E-state index in [0.717, 1.165) is 60.9 Å². The minimum atomic E-state index is 0.454. The Morgan fingerprint density at radius 1 is 0.939 bits per heavy atom. The summed E-state index contributed by atoms with van der Waals surface area (Å²) in [5.74, 6) is 1.51. The number of hydrogen-bond donors (Lipinski definition) is 2. The third kappa shape index (κ3) is 4.07. The number of pyridine rings is 1. The first-order valence-electron chi connectivity index (χ1n) is 12.0. The van der Waals surface area contributed by atoms with Gasteiger partial charge in [0, 0.05) is 48.9 Å². The van der Waals surface area contributed by atoms with Crippen LogP contribution in [-0.2, 0) is 11.2 Å².